The van der Waals surface area contributed by atoms with Crippen LogP contribution in [0.2, 0.25) is 0 Å². The van der Waals surface area contributed by atoms with Gasteiger partial charge in [0.2, 0.25) is 0 Å². The summed E-state index contributed by atoms with van der Waals surface area (Å²) in [4.78, 5) is 12.0. The predicted octanol–water partition coefficient (Wildman–Crippen LogP) is -6.11. The summed E-state index contributed by atoms with van der Waals surface area (Å²) in [5.74, 6) is 0. The van der Waals surface area contributed by atoms with Crippen LogP contribution >= 0.6 is 0 Å². The van der Waals surface area contributed by atoms with Gasteiger partial charge in [0.15, 0.2) is 12.5 Å². The first kappa shape index (κ1) is 21.2. The zero-order valence-corrected chi connectivity index (χ0v) is 13.5. The molecular weight excluding hydrogens is 360 g/mol. The number of aliphatic hydroxyl groups is 8. The molecule has 2 amide bonds. The number of amides is 2. The van der Waals surface area contributed by atoms with Crippen LogP contribution in [0.3, 0.4) is 0 Å². The molecule has 2 saturated heterocycles. The molecule has 2 unspecified atom stereocenters. The van der Waals surface area contributed by atoms with Gasteiger partial charge in [-0.1, -0.05) is 0 Å². The van der Waals surface area contributed by atoms with Gasteiger partial charge in [0.25, 0.3) is 0 Å². The fourth-order valence-electron chi connectivity index (χ4n) is 2.74. The summed E-state index contributed by atoms with van der Waals surface area (Å²) in [5, 5.41) is 80.7. The van der Waals surface area contributed by atoms with Gasteiger partial charge in [0, 0.05) is 0 Å². The Balaban J connectivity index is 1.97. The monoisotopic (exact) mass is 384 g/mol. The van der Waals surface area contributed by atoms with E-state index in [1.165, 1.54) is 0 Å². The Morgan fingerprint density at radius 3 is 1.31 bits per heavy atom. The fraction of sp³-hybridized carbons (Fsp3) is 0.923. The second-order valence-electron chi connectivity index (χ2n) is 6.12. The van der Waals surface area contributed by atoms with Gasteiger partial charge in [-0.3, -0.25) is 0 Å². The van der Waals surface area contributed by atoms with Crippen molar-refractivity contribution < 1.29 is 55.1 Å². The minimum Gasteiger partial charge on any atom is -0.394 e. The Hall–Kier alpha value is -1.13. The summed E-state index contributed by atoms with van der Waals surface area (Å²) in [6, 6.07) is -1.06. The smallest absolute Gasteiger partial charge is 0.318 e. The normalized spacial score (nSPS) is 46.6. The first-order chi connectivity index (χ1) is 12.2. The third kappa shape index (κ3) is 4.23. The van der Waals surface area contributed by atoms with Crippen molar-refractivity contribution in [3.8, 4) is 0 Å². The highest BCUT2D eigenvalue weighted by molar-refractivity contribution is 5.74. The molecule has 0 aromatic rings. The maximum Gasteiger partial charge on any atom is 0.318 e. The summed E-state index contributed by atoms with van der Waals surface area (Å²) >= 11 is 0. The molecule has 0 aromatic heterocycles. The zero-order chi connectivity index (χ0) is 19.6. The van der Waals surface area contributed by atoms with Crippen LogP contribution in [0.4, 0.5) is 4.79 Å². The van der Waals surface area contributed by atoms with E-state index in [4.69, 9.17) is 19.7 Å². The summed E-state index contributed by atoms with van der Waals surface area (Å²) in [5.41, 5.74) is 0. The third-order valence-corrected chi connectivity index (χ3v) is 4.33. The van der Waals surface area contributed by atoms with E-state index in [1.54, 1.807) is 0 Å². The molecule has 0 aromatic carbocycles. The summed E-state index contributed by atoms with van der Waals surface area (Å²) in [6.45, 7) is -1.37. The zero-order valence-electron chi connectivity index (χ0n) is 13.5. The van der Waals surface area contributed by atoms with E-state index in [9.17, 15) is 35.4 Å². The molecule has 2 fully saturated rings. The molecule has 0 bridgehead atoms. The van der Waals surface area contributed by atoms with E-state index in [2.05, 4.69) is 10.6 Å². The van der Waals surface area contributed by atoms with Crippen LogP contribution in [0.1, 0.15) is 0 Å². The van der Waals surface area contributed by atoms with E-state index < -0.39 is 80.5 Å². The molecule has 2 rings (SSSR count). The van der Waals surface area contributed by atoms with Crippen molar-refractivity contribution in [1.29, 1.82) is 0 Å². The van der Waals surface area contributed by atoms with Gasteiger partial charge in [-0.05, 0) is 0 Å². The average molecular weight is 384 g/mol. The van der Waals surface area contributed by atoms with Crippen LogP contribution in [0.15, 0.2) is 0 Å². The lowest BCUT2D eigenvalue weighted by atomic mass is 9.98. The Morgan fingerprint density at radius 1 is 0.654 bits per heavy atom. The molecule has 0 aliphatic carbocycles. The van der Waals surface area contributed by atoms with Gasteiger partial charge in [-0.15, -0.1) is 0 Å². The standard InChI is InChI=1S/C13H24N2O11/c16-1-3-5(18)7(20)9(22)11(25-3)14-13(24)15-12-10(23)8(21)6(19)4(2-17)26-12/h3-12,16-23H,1-2H2,(H2,14,15,24)/t3-,4-,5+,6+,7+,8+,9-,10-,11?,12?/m1/s1. The topological polar surface area (TPSA) is 221 Å². The molecule has 2 aliphatic heterocycles. The molecule has 10 N–H and O–H groups in total. The van der Waals surface area contributed by atoms with Crippen LogP contribution in [0.25, 0.3) is 0 Å². The maximum atomic E-state index is 12.0. The number of carbonyl (C=O) groups is 1. The van der Waals surface area contributed by atoms with Crippen LogP contribution in [-0.4, -0.2) is 121 Å². The molecule has 13 heteroatoms. The van der Waals surface area contributed by atoms with Gasteiger partial charge in [0.1, 0.15) is 48.8 Å². The van der Waals surface area contributed by atoms with Crippen LogP contribution in [0, 0.1) is 0 Å². The number of ether oxygens (including phenoxy) is 2. The Morgan fingerprint density at radius 2 is 1.00 bits per heavy atom. The lowest BCUT2D eigenvalue weighted by Crippen LogP contribution is -2.67. The third-order valence-electron chi connectivity index (χ3n) is 4.33. The van der Waals surface area contributed by atoms with Crippen molar-refractivity contribution in [2.75, 3.05) is 13.2 Å². The van der Waals surface area contributed by atoms with Crippen molar-refractivity contribution in [1.82, 2.24) is 10.6 Å². The average Bonchev–Trinajstić information content (AvgIpc) is 2.62. The highest BCUT2D eigenvalue weighted by Crippen LogP contribution is 2.21. The second kappa shape index (κ2) is 8.71. The number of rotatable bonds is 4. The summed E-state index contributed by atoms with van der Waals surface area (Å²) < 4.78 is 10.2. The number of carbonyl (C=O) groups excluding carboxylic acids is 1. The molecule has 10 atom stereocenters. The Labute approximate surface area is 147 Å². The quantitative estimate of drug-likeness (QED) is 0.220. The maximum absolute atomic E-state index is 12.0. The predicted molar refractivity (Wildman–Crippen MR) is 79.2 cm³/mol. The van der Waals surface area contributed by atoms with E-state index in [0.29, 0.717) is 0 Å². The first-order valence-corrected chi connectivity index (χ1v) is 7.89. The Bertz CT molecular complexity index is 439. The van der Waals surface area contributed by atoms with Gasteiger partial charge < -0.3 is 61.0 Å². The molecule has 2 heterocycles. The summed E-state index contributed by atoms with van der Waals surface area (Å²) in [7, 11) is 0. The van der Waals surface area contributed by atoms with Crippen molar-refractivity contribution in [2.45, 2.75) is 61.3 Å². The lowest BCUT2D eigenvalue weighted by Gasteiger charge is -2.41. The van der Waals surface area contributed by atoms with Gasteiger partial charge in [0.05, 0.1) is 13.2 Å². The number of hydrogen-bond acceptors (Lipinski definition) is 11. The van der Waals surface area contributed by atoms with Crippen molar-refractivity contribution in [3.05, 3.63) is 0 Å². The number of nitrogens with one attached hydrogen (secondary N) is 2. The minimum atomic E-state index is -1.71. The van der Waals surface area contributed by atoms with Crippen molar-refractivity contribution >= 4 is 6.03 Å². The SMILES string of the molecule is O=C(NC1O[C@H](CO)[C@H](O)[C@H](O)[C@H]1O)NC1O[C@H](CO)[C@H](O)[C@H](O)[C@H]1O. The van der Waals surface area contributed by atoms with Gasteiger partial charge in [-0.2, -0.15) is 0 Å². The first-order valence-electron chi connectivity index (χ1n) is 7.89. The van der Waals surface area contributed by atoms with Crippen LogP contribution < -0.4 is 10.6 Å². The van der Waals surface area contributed by atoms with Crippen LogP contribution in [-0.2, 0) is 9.47 Å². The molecule has 2 aliphatic rings. The lowest BCUT2D eigenvalue weighted by molar-refractivity contribution is -0.237. The molecule has 13 nitrogen and oxygen atoms in total. The molecule has 0 radical (unpaired) electrons. The minimum absolute atomic E-state index is 0.683. The van der Waals surface area contributed by atoms with Crippen LogP contribution in [0.5, 0.6) is 0 Å². The molecular formula is C13H24N2O11. The van der Waals surface area contributed by atoms with E-state index >= 15 is 0 Å². The fourth-order valence-corrected chi connectivity index (χ4v) is 2.74. The van der Waals surface area contributed by atoms with E-state index in [1.807, 2.05) is 0 Å². The van der Waals surface area contributed by atoms with E-state index in [0.717, 1.165) is 0 Å². The highest BCUT2D eigenvalue weighted by Gasteiger charge is 2.46. The second-order valence-corrected chi connectivity index (χ2v) is 6.12. The Kier molecular flexibility index (Phi) is 7.09. The summed E-state index contributed by atoms with van der Waals surface area (Å²) in [6.07, 6.45) is -15.5. The number of urea groups is 1. The highest BCUT2D eigenvalue weighted by atomic mass is 16.6. The number of hydrogen-bond donors (Lipinski definition) is 10. The molecule has 0 saturated carbocycles. The van der Waals surface area contributed by atoms with Gasteiger partial charge >= 0.3 is 6.03 Å². The van der Waals surface area contributed by atoms with Gasteiger partial charge in [-0.25, -0.2) is 4.79 Å². The van der Waals surface area contributed by atoms with E-state index in [-0.39, 0.29) is 0 Å². The number of aliphatic hydroxyl groups excluding tert-OH is 8. The van der Waals surface area contributed by atoms with Crippen molar-refractivity contribution in [3.63, 3.8) is 0 Å². The van der Waals surface area contributed by atoms with Crippen molar-refractivity contribution in [2.24, 2.45) is 0 Å². The largest absolute Gasteiger partial charge is 0.394 e. The molecule has 0 spiro atoms. The molecule has 152 valence electrons. The molecule has 26 heavy (non-hydrogen) atoms.